The summed E-state index contributed by atoms with van der Waals surface area (Å²) in [6.07, 6.45) is 1.27. The molecule has 0 aliphatic carbocycles. The highest BCUT2D eigenvalue weighted by Gasteiger charge is 2.12. The van der Waals surface area contributed by atoms with Crippen molar-refractivity contribution in [3.63, 3.8) is 0 Å². The Bertz CT molecular complexity index is 430. The Balaban J connectivity index is 1.90. The van der Waals surface area contributed by atoms with E-state index in [1.807, 2.05) is 0 Å². The second kappa shape index (κ2) is 6.91. The predicted octanol–water partition coefficient (Wildman–Crippen LogP) is 1.20. The summed E-state index contributed by atoms with van der Waals surface area (Å²) in [5, 5.41) is 0. The normalized spacial score (nSPS) is 18.1. The van der Waals surface area contributed by atoms with Crippen LogP contribution in [0, 0.1) is 11.8 Å². The monoisotopic (exact) mass is 263 g/mol. The largest absolute Gasteiger partial charge is 0.320 e. The van der Waals surface area contributed by atoms with Crippen LogP contribution in [0.3, 0.4) is 0 Å². The molecule has 1 aromatic rings. The zero-order chi connectivity index (χ0) is 12.8. The molecule has 1 aromatic heterocycles. The molecule has 4 heteroatoms. The minimum absolute atomic E-state index is 0.436. The third-order valence-electron chi connectivity index (χ3n) is 3.17. The van der Waals surface area contributed by atoms with E-state index >= 15 is 0 Å². The average Bonchev–Trinajstić information content (AvgIpc) is 2.70. The van der Waals surface area contributed by atoms with Gasteiger partial charge in [0.05, 0.1) is 11.4 Å². The molecule has 2 N–H and O–H groups in total. The molecule has 0 radical (unpaired) electrons. The van der Waals surface area contributed by atoms with E-state index in [-0.39, 0.29) is 0 Å². The predicted molar refractivity (Wildman–Crippen MR) is 77.6 cm³/mol. The van der Waals surface area contributed by atoms with Crippen molar-refractivity contribution in [1.29, 1.82) is 0 Å². The molecule has 0 saturated carbocycles. The Morgan fingerprint density at radius 3 is 3.00 bits per heavy atom. The molecule has 1 aliphatic rings. The zero-order valence-corrected chi connectivity index (χ0v) is 11.8. The van der Waals surface area contributed by atoms with Crippen LogP contribution in [0.25, 0.3) is 0 Å². The number of rotatable bonds is 2. The molecule has 0 spiro atoms. The third-order valence-corrected chi connectivity index (χ3v) is 4.15. The molecule has 2 heterocycles. The smallest absolute Gasteiger partial charge is 0.0772 e. The number of nitrogens with two attached hydrogens (primary N) is 1. The lowest BCUT2D eigenvalue weighted by molar-refractivity contribution is 0.271. The van der Waals surface area contributed by atoms with Crippen LogP contribution in [0.4, 0.5) is 0 Å². The van der Waals surface area contributed by atoms with Crippen molar-refractivity contribution in [2.75, 3.05) is 39.8 Å². The molecule has 0 bridgehead atoms. The summed E-state index contributed by atoms with van der Waals surface area (Å²) in [5.74, 6) is 6.00. The molecule has 1 fully saturated rings. The highest BCUT2D eigenvalue weighted by Crippen LogP contribution is 2.18. The Labute approximate surface area is 114 Å². The van der Waals surface area contributed by atoms with Crippen molar-refractivity contribution >= 4 is 11.3 Å². The van der Waals surface area contributed by atoms with Gasteiger partial charge in [0.15, 0.2) is 0 Å². The van der Waals surface area contributed by atoms with Crippen molar-refractivity contribution in [2.24, 2.45) is 5.73 Å². The standard InChI is InChI=1S/C14H21N3S/c1-16-8-3-9-17(11-10-16)12-14-6-5-13(18-14)4-2-7-15/h5-6H,3,7-12,15H2,1H3. The molecule has 2 rings (SSSR count). The Morgan fingerprint density at radius 2 is 2.17 bits per heavy atom. The average molecular weight is 263 g/mol. The first kappa shape index (κ1) is 13.6. The van der Waals surface area contributed by atoms with Gasteiger partial charge >= 0.3 is 0 Å². The van der Waals surface area contributed by atoms with Gasteiger partial charge in [-0.15, -0.1) is 11.3 Å². The molecular formula is C14H21N3S. The molecule has 0 amide bonds. The first-order chi connectivity index (χ1) is 8.78. The first-order valence-corrected chi connectivity index (χ1v) is 7.28. The van der Waals surface area contributed by atoms with E-state index in [1.165, 1.54) is 30.9 Å². The summed E-state index contributed by atoms with van der Waals surface area (Å²) >= 11 is 1.79. The fraction of sp³-hybridized carbons (Fsp3) is 0.571. The van der Waals surface area contributed by atoms with E-state index < -0.39 is 0 Å². The van der Waals surface area contributed by atoms with Gasteiger partial charge in [-0.05, 0) is 38.7 Å². The summed E-state index contributed by atoms with van der Waals surface area (Å²) in [6, 6.07) is 4.30. The van der Waals surface area contributed by atoms with E-state index in [2.05, 4.69) is 40.8 Å². The van der Waals surface area contributed by atoms with Crippen LogP contribution in [-0.4, -0.2) is 49.6 Å². The summed E-state index contributed by atoms with van der Waals surface area (Å²) in [7, 11) is 2.20. The molecule has 1 aliphatic heterocycles. The van der Waals surface area contributed by atoms with Crippen LogP contribution in [0.2, 0.25) is 0 Å². The van der Waals surface area contributed by atoms with Crippen molar-refractivity contribution < 1.29 is 0 Å². The highest BCUT2D eigenvalue weighted by atomic mass is 32.1. The SMILES string of the molecule is CN1CCCN(Cc2ccc(C#CCN)s2)CC1. The van der Waals surface area contributed by atoms with Gasteiger partial charge in [-0.25, -0.2) is 0 Å². The number of hydrogen-bond acceptors (Lipinski definition) is 4. The number of hydrogen-bond donors (Lipinski definition) is 1. The minimum Gasteiger partial charge on any atom is -0.320 e. The Kier molecular flexibility index (Phi) is 5.21. The lowest BCUT2D eigenvalue weighted by Gasteiger charge is -2.18. The summed E-state index contributed by atoms with van der Waals surface area (Å²) in [6.45, 7) is 6.25. The van der Waals surface area contributed by atoms with Gasteiger partial charge in [0.25, 0.3) is 0 Å². The van der Waals surface area contributed by atoms with Gasteiger partial charge in [0.2, 0.25) is 0 Å². The zero-order valence-electron chi connectivity index (χ0n) is 11.0. The van der Waals surface area contributed by atoms with Crippen LogP contribution in [-0.2, 0) is 6.54 Å². The fourth-order valence-corrected chi connectivity index (χ4v) is 3.07. The fourth-order valence-electron chi connectivity index (χ4n) is 2.15. The van der Waals surface area contributed by atoms with E-state index in [1.54, 1.807) is 11.3 Å². The maximum Gasteiger partial charge on any atom is 0.0772 e. The molecule has 18 heavy (non-hydrogen) atoms. The second-order valence-electron chi connectivity index (χ2n) is 4.70. The van der Waals surface area contributed by atoms with Crippen molar-refractivity contribution in [2.45, 2.75) is 13.0 Å². The lowest BCUT2D eigenvalue weighted by atomic mass is 10.3. The second-order valence-corrected chi connectivity index (χ2v) is 5.87. The molecule has 0 unspecified atom stereocenters. The van der Waals surface area contributed by atoms with Crippen LogP contribution in [0.5, 0.6) is 0 Å². The van der Waals surface area contributed by atoms with Gasteiger partial charge in [0.1, 0.15) is 0 Å². The van der Waals surface area contributed by atoms with Gasteiger partial charge in [0, 0.05) is 24.5 Å². The quantitative estimate of drug-likeness (QED) is 0.814. The van der Waals surface area contributed by atoms with Crippen molar-refractivity contribution in [3.05, 3.63) is 21.9 Å². The number of nitrogens with zero attached hydrogens (tertiary/aromatic N) is 2. The van der Waals surface area contributed by atoms with Gasteiger partial charge in [-0.3, -0.25) is 4.90 Å². The summed E-state index contributed by atoms with van der Waals surface area (Å²) in [5.41, 5.74) is 5.38. The third kappa shape index (κ3) is 4.11. The molecule has 0 atom stereocenters. The van der Waals surface area contributed by atoms with E-state index in [9.17, 15) is 0 Å². The van der Waals surface area contributed by atoms with Gasteiger partial charge in [-0.2, -0.15) is 0 Å². The number of thiophene rings is 1. The summed E-state index contributed by atoms with van der Waals surface area (Å²) in [4.78, 5) is 7.48. The van der Waals surface area contributed by atoms with Gasteiger partial charge in [-0.1, -0.05) is 11.8 Å². The minimum atomic E-state index is 0.436. The Hall–Kier alpha value is -0.860. The maximum atomic E-state index is 5.38. The van der Waals surface area contributed by atoms with E-state index in [4.69, 9.17) is 5.73 Å². The molecule has 98 valence electrons. The Morgan fingerprint density at radius 1 is 1.28 bits per heavy atom. The van der Waals surface area contributed by atoms with Crippen molar-refractivity contribution in [1.82, 2.24) is 9.80 Å². The van der Waals surface area contributed by atoms with E-state index in [0.717, 1.165) is 18.0 Å². The summed E-state index contributed by atoms with van der Waals surface area (Å²) < 4.78 is 0. The maximum absolute atomic E-state index is 5.38. The number of likely N-dealkylation sites (N-methyl/N-ethyl adjacent to an activating group) is 1. The first-order valence-electron chi connectivity index (χ1n) is 6.46. The highest BCUT2D eigenvalue weighted by molar-refractivity contribution is 7.12. The van der Waals surface area contributed by atoms with Crippen LogP contribution < -0.4 is 5.73 Å². The van der Waals surface area contributed by atoms with Crippen LogP contribution >= 0.6 is 11.3 Å². The van der Waals surface area contributed by atoms with Crippen molar-refractivity contribution in [3.8, 4) is 11.8 Å². The molecule has 3 nitrogen and oxygen atoms in total. The van der Waals surface area contributed by atoms with Gasteiger partial charge < -0.3 is 10.6 Å². The molecule has 1 saturated heterocycles. The van der Waals surface area contributed by atoms with E-state index in [0.29, 0.717) is 6.54 Å². The molecule has 0 aromatic carbocycles. The topological polar surface area (TPSA) is 32.5 Å². The van der Waals surface area contributed by atoms with Crippen LogP contribution in [0.15, 0.2) is 12.1 Å². The lowest BCUT2D eigenvalue weighted by Crippen LogP contribution is -2.28. The molecular weight excluding hydrogens is 242 g/mol. The van der Waals surface area contributed by atoms with Crippen LogP contribution in [0.1, 0.15) is 16.2 Å².